The van der Waals surface area contributed by atoms with Gasteiger partial charge in [0.1, 0.15) is 11.6 Å². The Morgan fingerprint density at radius 3 is 2.42 bits per heavy atom. The first kappa shape index (κ1) is 35.8. The van der Waals surface area contributed by atoms with E-state index < -0.39 is 69.0 Å². The van der Waals surface area contributed by atoms with Crippen LogP contribution >= 0.6 is 0 Å². The highest BCUT2D eigenvalue weighted by atomic mass is 32.2. The van der Waals surface area contributed by atoms with Gasteiger partial charge in [0.05, 0.1) is 23.2 Å². The van der Waals surface area contributed by atoms with Crippen molar-refractivity contribution in [3.8, 4) is 0 Å². The molecule has 2 aliphatic heterocycles. The summed E-state index contributed by atoms with van der Waals surface area (Å²) in [6, 6.07) is 3.14. The lowest BCUT2D eigenvalue weighted by molar-refractivity contribution is -0.140. The summed E-state index contributed by atoms with van der Waals surface area (Å²) in [5, 5.41) is 5.52. The van der Waals surface area contributed by atoms with E-state index in [4.69, 9.17) is 4.74 Å². The zero-order chi connectivity index (χ0) is 33.7. The van der Waals surface area contributed by atoms with E-state index in [2.05, 4.69) is 10.6 Å². The third-order valence-electron chi connectivity index (χ3n) is 7.69. The molecule has 15 heteroatoms. The van der Waals surface area contributed by atoms with E-state index in [0.717, 1.165) is 0 Å². The van der Waals surface area contributed by atoms with E-state index >= 15 is 0 Å². The van der Waals surface area contributed by atoms with Crippen LogP contribution in [0.25, 0.3) is 0 Å². The monoisotopic (exact) mass is 650 g/mol. The molecule has 3 rings (SSSR count). The Hall–Kier alpha value is -3.72. The predicted molar refractivity (Wildman–Crippen MR) is 166 cm³/mol. The fourth-order valence-corrected chi connectivity index (χ4v) is 6.94. The van der Waals surface area contributed by atoms with Gasteiger partial charge in [0.2, 0.25) is 17.7 Å². The van der Waals surface area contributed by atoms with Crippen LogP contribution < -0.4 is 10.6 Å². The first-order valence-electron chi connectivity index (χ1n) is 14.9. The van der Waals surface area contributed by atoms with Crippen molar-refractivity contribution in [2.75, 3.05) is 60.1 Å². The molecule has 0 radical (unpaired) electrons. The average molecular weight is 651 g/mol. The first-order valence-corrected chi connectivity index (χ1v) is 16.6. The van der Waals surface area contributed by atoms with Gasteiger partial charge in [-0.25, -0.2) is 13.2 Å². The molecule has 45 heavy (non-hydrogen) atoms. The lowest BCUT2D eigenvalue weighted by Gasteiger charge is -2.30. The molecule has 2 aliphatic rings. The highest BCUT2D eigenvalue weighted by Gasteiger charge is 2.40. The van der Waals surface area contributed by atoms with E-state index in [9.17, 15) is 32.4 Å². The van der Waals surface area contributed by atoms with Crippen LogP contribution in [0.1, 0.15) is 50.4 Å². The van der Waals surface area contributed by atoms with Gasteiger partial charge in [0.25, 0.3) is 5.91 Å². The third-order valence-corrected chi connectivity index (χ3v) is 9.48. The van der Waals surface area contributed by atoms with Crippen molar-refractivity contribution < 1.29 is 37.1 Å². The maximum Gasteiger partial charge on any atom is 0.407 e. The zero-order valence-corrected chi connectivity index (χ0v) is 28.0. The van der Waals surface area contributed by atoms with Gasteiger partial charge >= 0.3 is 6.09 Å². The summed E-state index contributed by atoms with van der Waals surface area (Å²) in [7, 11) is 2.57. The van der Waals surface area contributed by atoms with Gasteiger partial charge in [0, 0.05) is 51.8 Å². The van der Waals surface area contributed by atoms with Crippen molar-refractivity contribution in [2.24, 2.45) is 0 Å². The molecular formula is C30H46N6O8S. The molecule has 14 nitrogen and oxygen atoms in total. The van der Waals surface area contributed by atoms with E-state index in [-0.39, 0.29) is 42.8 Å². The molecule has 0 saturated carbocycles. The number of ether oxygens (including phenoxy) is 1. The Balaban J connectivity index is 1.95. The second-order valence-electron chi connectivity index (χ2n) is 12.9. The van der Waals surface area contributed by atoms with Crippen molar-refractivity contribution in [1.82, 2.24) is 30.2 Å². The lowest BCUT2D eigenvalue weighted by atomic mass is 10.1. The molecule has 2 N–H and O–H groups in total. The number of carbonyl (C=O) groups is 5. The van der Waals surface area contributed by atoms with Crippen LogP contribution in [0.15, 0.2) is 29.2 Å². The summed E-state index contributed by atoms with van der Waals surface area (Å²) in [6.07, 6.45) is -0.675. The molecule has 5 amide bonds. The summed E-state index contributed by atoms with van der Waals surface area (Å²) in [5.41, 5.74) is -0.695. The number of sulfone groups is 1. The van der Waals surface area contributed by atoms with Gasteiger partial charge in [-0.3, -0.25) is 19.2 Å². The van der Waals surface area contributed by atoms with E-state index in [0.29, 0.717) is 13.1 Å². The Morgan fingerprint density at radius 1 is 1.09 bits per heavy atom. The van der Waals surface area contributed by atoms with E-state index in [1.54, 1.807) is 20.8 Å². The summed E-state index contributed by atoms with van der Waals surface area (Å²) in [5.74, 6) is -2.39. The fourth-order valence-electron chi connectivity index (χ4n) is 5.33. The van der Waals surface area contributed by atoms with Crippen LogP contribution in [0, 0.1) is 0 Å². The van der Waals surface area contributed by atoms with Crippen LogP contribution in [0.4, 0.5) is 4.79 Å². The molecule has 1 fully saturated rings. The number of nitrogens with one attached hydrogen (secondary N) is 2. The van der Waals surface area contributed by atoms with Gasteiger partial charge in [-0.1, -0.05) is 6.07 Å². The van der Waals surface area contributed by atoms with E-state index in [1.807, 2.05) is 19.0 Å². The normalized spacial score (nSPS) is 23.2. The fraction of sp³-hybridized carbons (Fsp3) is 0.633. The van der Waals surface area contributed by atoms with Gasteiger partial charge in [-0.05, 0) is 65.9 Å². The minimum atomic E-state index is -4.03. The maximum atomic E-state index is 13.7. The number of hydrogen-bond donors (Lipinski definition) is 2. The number of carbonyl (C=O) groups excluding carboxylic acids is 5. The lowest BCUT2D eigenvalue weighted by Crippen LogP contribution is -2.50. The maximum absolute atomic E-state index is 13.7. The summed E-state index contributed by atoms with van der Waals surface area (Å²) in [4.78, 5) is 71.5. The number of fused-ring (bicyclic) bond motifs is 3. The smallest absolute Gasteiger partial charge is 0.407 e. The van der Waals surface area contributed by atoms with Crippen molar-refractivity contribution in [3.05, 3.63) is 29.8 Å². The second kappa shape index (κ2) is 14.6. The zero-order valence-electron chi connectivity index (χ0n) is 27.2. The number of hydrogen-bond acceptors (Lipinski definition) is 9. The third kappa shape index (κ3) is 9.88. The molecule has 0 unspecified atom stereocenters. The summed E-state index contributed by atoms with van der Waals surface area (Å²) < 4.78 is 32.7. The van der Waals surface area contributed by atoms with Gasteiger partial charge in [0.15, 0.2) is 9.84 Å². The Bertz CT molecular complexity index is 1390. The van der Waals surface area contributed by atoms with Crippen LogP contribution in [0.5, 0.6) is 0 Å². The number of likely N-dealkylation sites (N-methyl/N-ethyl adjacent to an activating group) is 3. The molecule has 3 atom stereocenters. The largest absolute Gasteiger partial charge is 0.444 e. The molecule has 0 spiro atoms. The minimum absolute atomic E-state index is 0.0143. The molecule has 1 aromatic carbocycles. The molecule has 250 valence electrons. The molecule has 1 saturated heterocycles. The quantitative estimate of drug-likeness (QED) is 0.457. The van der Waals surface area contributed by atoms with Crippen molar-refractivity contribution in [2.45, 2.75) is 68.7 Å². The Kier molecular flexibility index (Phi) is 11.6. The minimum Gasteiger partial charge on any atom is -0.444 e. The van der Waals surface area contributed by atoms with Crippen LogP contribution in [-0.4, -0.2) is 142 Å². The number of rotatable bonds is 5. The van der Waals surface area contributed by atoms with Crippen molar-refractivity contribution in [3.63, 3.8) is 0 Å². The summed E-state index contributed by atoms with van der Waals surface area (Å²) >= 11 is 0. The summed E-state index contributed by atoms with van der Waals surface area (Å²) in [6.45, 7) is 5.72. The second-order valence-corrected chi connectivity index (χ2v) is 14.9. The average Bonchev–Trinajstić information content (AvgIpc) is 3.31. The highest BCUT2D eigenvalue weighted by Crippen LogP contribution is 2.25. The van der Waals surface area contributed by atoms with Crippen LogP contribution in [0.3, 0.4) is 0 Å². The SMILES string of the molecule is CN(C)CCNC(=O)[C@@H]1CCC(=O)N(C)CC(=O)N2C[C@H](NC(=O)OC(C)(C)C)C[C@H]2CS(=O)(=O)c2cccc(c2)C(=O)N1C. The number of amides is 5. The molecule has 2 heterocycles. The van der Waals surface area contributed by atoms with Crippen molar-refractivity contribution in [1.29, 1.82) is 0 Å². The van der Waals surface area contributed by atoms with Gasteiger partial charge in [-0.15, -0.1) is 0 Å². The van der Waals surface area contributed by atoms with Crippen LogP contribution in [-0.2, 0) is 29.0 Å². The Labute approximate surface area is 265 Å². The number of benzene rings is 1. The predicted octanol–water partition coefficient (Wildman–Crippen LogP) is 0.325. The standard InChI is InChI=1S/C30H46N6O8S/c1-30(2,3)44-29(41)32-21-16-22-19-45(42,43)23-10-8-9-20(15-23)28(40)35(7)24(27(39)31-13-14-33(4)5)11-12-25(37)34(6)18-26(38)36(22)17-21/h8-10,15,21-22,24H,11-14,16-19H2,1-7H3,(H,31,39)(H,32,41)/t21-,22+,24+/m1/s1. The topological polar surface area (TPSA) is 166 Å². The van der Waals surface area contributed by atoms with Gasteiger partial charge in [-0.2, -0.15) is 0 Å². The first-order chi connectivity index (χ1) is 20.9. The molecule has 0 aliphatic carbocycles. The van der Waals surface area contributed by atoms with Gasteiger partial charge < -0.3 is 35.0 Å². The molecule has 0 aromatic heterocycles. The molecule has 2 bridgehead atoms. The van der Waals surface area contributed by atoms with Crippen LogP contribution in [0.2, 0.25) is 0 Å². The number of nitrogens with zero attached hydrogens (tertiary/aromatic N) is 4. The van der Waals surface area contributed by atoms with E-state index in [1.165, 1.54) is 53.1 Å². The molecule has 1 aromatic rings. The number of alkyl carbamates (subject to hydrolysis) is 1. The molecular weight excluding hydrogens is 604 g/mol. The Morgan fingerprint density at radius 2 is 1.78 bits per heavy atom. The van der Waals surface area contributed by atoms with Crippen molar-refractivity contribution >= 4 is 39.6 Å². The highest BCUT2D eigenvalue weighted by molar-refractivity contribution is 7.91.